The molecule has 0 amide bonds. The maximum absolute atomic E-state index is 5.35. The molecule has 0 spiro atoms. The lowest BCUT2D eigenvalue weighted by Crippen LogP contribution is -2.03. The summed E-state index contributed by atoms with van der Waals surface area (Å²) in [7, 11) is 6.39. The minimum Gasteiger partial charge on any atom is -0.493 e. The molecular weight excluding hydrogens is 372 g/mol. The molecule has 0 atom stereocenters. The zero-order valence-electron chi connectivity index (χ0n) is 17.1. The third kappa shape index (κ3) is 4.78. The first-order chi connectivity index (χ1) is 14.1. The number of nitrogens with zero attached hydrogens (tertiary/aromatic N) is 2. The smallest absolute Gasteiger partial charge is 0.229 e. The van der Waals surface area contributed by atoms with Crippen LogP contribution in [0.15, 0.2) is 42.5 Å². The Labute approximate surface area is 169 Å². The molecule has 0 fully saturated rings. The second-order valence-electron chi connectivity index (χ2n) is 6.11. The second-order valence-corrected chi connectivity index (χ2v) is 6.11. The van der Waals surface area contributed by atoms with E-state index in [0.717, 1.165) is 17.1 Å². The van der Waals surface area contributed by atoms with E-state index in [-0.39, 0.29) is 0 Å². The van der Waals surface area contributed by atoms with Crippen molar-refractivity contribution in [1.82, 2.24) is 9.97 Å². The van der Waals surface area contributed by atoms with Gasteiger partial charge in [-0.25, -0.2) is 4.98 Å². The number of anilines is 4. The minimum atomic E-state index is 0.459. The lowest BCUT2D eigenvalue weighted by Gasteiger charge is -2.13. The van der Waals surface area contributed by atoms with Crippen LogP contribution >= 0.6 is 0 Å². The first kappa shape index (κ1) is 20.1. The molecule has 1 heterocycles. The van der Waals surface area contributed by atoms with Crippen LogP contribution in [0.2, 0.25) is 0 Å². The Morgan fingerprint density at radius 2 is 1.14 bits per heavy atom. The van der Waals surface area contributed by atoms with Gasteiger partial charge in [-0.05, 0) is 31.2 Å². The molecule has 0 bridgehead atoms. The highest BCUT2D eigenvalue weighted by molar-refractivity contribution is 5.64. The predicted octanol–water partition coefficient (Wildman–Crippen LogP) is 4.31. The number of nitrogens with one attached hydrogen (secondary N) is 2. The van der Waals surface area contributed by atoms with E-state index in [9.17, 15) is 0 Å². The summed E-state index contributed by atoms with van der Waals surface area (Å²) in [6, 6.07) is 12.9. The van der Waals surface area contributed by atoms with Gasteiger partial charge in [0.25, 0.3) is 0 Å². The number of hydrogen-bond acceptors (Lipinski definition) is 8. The van der Waals surface area contributed by atoms with Gasteiger partial charge in [0.15, 0.2) is 23.0 Å². The van der Waals surface area contributed by atoms with Crippen LogP contribution in [0.1, 0.15) is 5.69 Å². The van der Waals surface area contributed by atoms with Crippen LogP contribution in [-0.2, 0) is 0 Å². The van der Waals surface area contributed by atoms with Gasteiger partial charge in [0.05, 0.1) is 28.4 Å². The molecule has 0 aliphatic heterocycles. The lowest BCUT2D eigenvalue weighted by atomic mass is 10.2. The number of benzene rings is 2. The fourth-order valence-corrected chi connectivity index (χ4v) is 2.79. The van der Waals surface area contributed by atoms with Gasteiger partial charge in [-0.1, -0.05) is 0 Å². The Morgan fingerprint density at radius 3 is 1.66 bits per heavy atom. The van der Waals surface area contributed by atoms with E-state index in [0.29, 0.717) is 34.8 Å². The fourth-order valence-electron chi connectivity index (χ4n) is 2.79. The van der Waals surface area contributed by atoms with Crippen molar-refractivity contribution < 1.29 is 18.9 Å². The summed E-state index contributed by atoms with van der Waals surface area (Å²) in [5.41, 5.74) is 2.41. The van der Waals surface area contributed by atoms with Gasteiger partial charge in [-0.2, -0.15) is 4.98 Å². The van der Waals surface area contributed by atoms with Crippen molar-refractivity contribution in [1.29, 1.82) is 0 Å². The fraction of sp³-hybridized carbons (Fsp3) is 0.238. The molecule has 3 aromatic rings. The van der Waals surface area contributed by atoms with Gasteiger partial charge >= 0.3 is 0 Å². The molecule has 3 rings (SSSR count). The zero-order chi connectivity index (χ0) is 20.8. The summed E-state index contributed by atoms with van der Waals surface area (Å²) >= 11 is 0. The third-order valence-corrected chi connectivity index (χ3v) is 4.15. The zero-order valence-corrected chi connectivity index (χ0v) is 17.1. The maximum Gasteiger partial charge on any atom is 0.229 e. The van der Waals surface area contributed by atoms with Crippen molar-refractivity contribution in [3.63, 3.8) is 0 Å². The van der Waals surface area contributed by atoms with Crippen LogP contribution in [0.4, 0.5) is 23.1 Å². The van der Waals surface area contributed by atoms with Crippen LogP contribution in [0, 0.1) is 6.92 Å². The van der Waals surface area contributed by atoms with Crippen molar-refractivity contribution >= 4 is 23.1 Å². The highest BCUT2D eigenvalue weighted by Gasteiger charge is 2.09. The molecule has 0 saturated heterocycles. The molecule has 29 heavy (non-hydrogen) atoms. The standard InChI is InChI=1S/C21H24N4O4/c1-13-10-20(23-14-6-8-16(26-2)18(11-14)28-4)25-21(22-13)24-15-7-9-17(27-3)19(12-15)29-5/h6-12H,1-5H3,(H2,22,23,24,25). The van der Waals surface area contributed by atoms with E-state index in [1.54, 1.807) is 28.4 Å². The summed E-state index contributed by atoms with van der Waals surface area (Å²) < 4.78 is 21.2. The summed E-state index contributed by atoms with van der Waals surface area (Å²) in [5, 5.41) is 6.46. The second kappa shape index (κ2) is 9.01. The van der Waals surface area contributed by atoms with Gasteiger partial charge < -0.3 is 29.6 Å². The van der Waals surface area contributed by atoms with Crippen molar-refractivity contribution in [2.24, 2.45) is 0 Å². The molecule has 0 saturated carbocycles. The molecule has 0 radical (unpaired) electrons. The molecule has 2 N–H and O–H groups in total. The van der Waals surface area contributed by atoms with Gasteiger partial charge in [-0.3, -0.25) is 0 Å². The van der Waals surface area contributed by atoms with Gasteiger partial charge in [-0.15, -0.1) is 0 Å². The van der Waals surface area contributed by atoms with E-state index in [1.165, 1.54) is 0 Å². The average Bonchev–Trinajstić information content (AvgIpc) is 2.73. The minimum absolute atomic E-state index is 0.459. The number of methoxy groups -OCH3 is 4. The Hall–Kier alpha value is -3.68. The van der Waals surface area contributed by atoms with Crippen LogP contribution < -0.4 is 29.6 Å². The normalized spacial score (nSPS) is 10.2. The van der Waals surface area contributed by atoms with E-state index in [2.05, 4.69) is 20.6 Å². The van der Waals surface area contributed by atoms with Crippen LogP contribution in [-0.4, -0.2) is 38.4 Å². The molecule has 1 aromatic heterocycles. The molecule has 152 valence electrons. The Morgan fingerprint density at radius 1 is 0.621 bits per heavy atom. The van der Waals surface area contributed by atoms with E-state index in [4.69, 9.17) is 18.9 Å². The Kier molecular flexibility index (Phi) is 6.23. The third-order valence-electron chi connectivity index (χ3n) is 4.15. The molecule has 0 unspecified atom stereocenters. The van der Waals surface area contributed by atoms with E-state index < -0.39 is 0 Å². The van der Waals surface area contributed by atoms with Crippen LogP contribution in [0.5, 0.6) is 23.0 Å². The van der Waals surface area contributed by atoms with Crippen molar-refractivity contribution in [2.75, 3.05) is 39.1 Å². The first-order valence-corrected chi connectivity index (χ1v) is 8.90. The van der Waals surface area contributed by atoms with E-state index in [1.807, 2.05) is 49.4 Å². The van der Waals surface area contributed by atoms with Crippen LogP contribution in [0.3, 0.4) is 0 Å². The first-order valence-electron chi connectivity index (χ1n) is 8.90. The van der Waals surface area contributed by atoms with Crippen molar-refractivity contribution in [3.8, 4) is 23.0 Å². The SMILES string of the molecule is COc1ccc(Nc2cc(C)nc(Nc3ccc(OC)c(OC)c3)n2)cc1OC. The molecule has 0 aliphatic carbocycles. The predicted molar refractivity (Wildman–Crippen MR) is 112 cm³/mol. The highest BCUT2D eigenvalue weighted by atomic mass is 16.5. The molecule has 0 aliphatic rings. The van der Waals surface area contributed by atoms with Crippen molar-refractivity contribution in [2.45, 2.75) is 6.92 Å². The number of ether oxygens (including phenoxy) is 4. The lowest BCUT2D eigenvalue weighted by molar-refractivity contribution is 0.355. The Balaban J connectivity index is 1.83. The van der Waals surface area contributed by atoms with Crippen molar-refractivity contribution in [3.05, 3.63) is 48.2 Å². The number of aryl methyl sites for hydroxylation is 1. The average molecular weight is 396 g/mol. The summed E-state index contributed by atoms with van der Waals surface area (Å²) in [5.74, 6) is 3.67. The van der Waals surface area contributed by atoms with Gasteiger partial charge in [0.1, 0.15) is 5.82 Å². The number of rotatable bonds is 8. The summed E-state index contributed by atoms with van der Waals surface area (Å²) in [6.45, 7) is 1.90. The largest absolute Gasteiger partial charge is 0.493 e. The van der Waals surface area contributed by atoms with Gasteiger partial charge in [0.2, 0.25) is 5.95 Å². The van der Waals surface area contributed by atoms with Crippen LogP contribution in [0.25, 0.3) is 0 Å². The molecule has 8 heteroatoms. The number of aromatic nitrogens is 2. The monoisotopic (exact) mass is 396 g/mol. The quantitative estimate of drug-likeness (QED) is 0.583. The topological polar surface area (TPSA) is 86.8 Å². The van der Waals surface area contributed by atoms with E-state index >= 15 is 0 Å². The molecule has 2 aromatic carbocycles. The highest BCUT2D eigenvalue weighted by Crippen LogP contribution is 2.32. The summed E-state index contributed by atoms with van der Waals surface area (Å²) in [6.07, 6.45) is 0. The Bertz CT molecular complexity index is 919. The van der Waals surface area contributed by atoms with Gasteiger partial charge in [0, 0.05) is 35.3 Å². The number of hydrogen-bond donors (Lipinski definition) is 2. The molecule has 8 nitrogen and oxygen atoms in total. The summed E-state index contributed by atoms with van der Waals surface area (Å²) in [4.78, 5) is 8.99. The molecular formula is C21H24N4O4. The maximum atomic E-state index is 5.35.